The van der Waals surface area contributed by atoms with Crippen molar-refractivity contribution < 1.29 is 4.52 Å². The summed E-state index contributed by atoms with van der Waals surface area (Å²) < 4.78 is 5.28. The molecule has 5 nitrogen and oxygen atoms in total. The third-order valence-corrected chi connectivity index (χ3v) is 3.67. The van der Waals surface area contributed by atoms with E-state index in [1.54, 1.807) is 0 Å². The van der Waals surface area contributed by atoms with E-state index in [0.717, 1.165) is 42.8 Å². The Kier molecular flexibility index (Phi) is 3.21. The van der Waals surface area contributed by atoms with Gasteiger partial charge in [-0.05, 0) is 19.2 Å². The molecule has 5 heteroatoms. The topological polar surface area (TPSA) is 56.4 Å². The first kappa shape index (κ1) is 12.2. The summed E-state index contributed by atoms with van der Waals surface area (Å²) in [7, 11) is 2.12. The molecule has 1 aliphatic heterocycles. The molecule has 0 atom stereocenters. The van der Waals surface area contributed by atoms with Crippen LogP contribution in [0.1, 0.15) is 5.69 Å². The molecule has 1 N–H and O–H groups in total. The van der Waals surface area contributed by atoms with Gasteiger partial charge >= 0.3 is 0 Å². The van der Waals surface area contributed by atoms with Crippen LogP contribution in [0.2, 0.25) is 0 Å². The number of hydrogen-bond acceptors (Lipinski definition) is 4. The average molecular weight is 258 g/mol. The molecule has 0 radical (unpaired) electrons. The molecular weight excluding hydrogens is 240 g/mol. The number of piperazine rings is 1. The van der Waals surface area contributed by atoms with Crippen LogP contribution < -0.4 is 0 Å². The van der Waals surface area contributed by atoms with Crippen molar-refractivity contribution in [2.45, 2.75) is 6.42 Å². The largest absolute Gasteiger partial charge is 0.358 e. The Morgan fingerprint density at radius 2 is 2.00 bits per heavy atom. The first-order chi connectivity index (χ1) is 9.24. The molecule has 1 saturated heterocycles. The molecule has 100 valence electrons. The highest BCUT2D eigenvalue weighted by Gasteiger charge is 2.18. The lowest BCUT2D eigenvalue weighted by Crippen LogP contribution is -2.47. The van der Waals surface area contributed by atoms with Crippen LogP contribution in [0.3, 0.4) is 0 Å². The quantitative estimate of drug-likeness (QED) is 0.656. The van der Waals surface area contributed by atoms with Crippen LogP contribution in [0.4, 0.5) is 0 Å². The first-order valence-corrected chi connectivity index (χ1v) is 6.58. The van der Waals surface area contributed by atoms with E-state index in [2.05, 4.69) is 22.0 Å². The van der Waals surface area contributed by atoms with E-state index in [1.807, 2.05) is 24.3 Å². The number of benzene rings is 1. The summed E-state index contributed by atoms with van der Waals surface area (Å²) >= 11 is 0. The second-order valence-electron chi connectivity index (χ2n) is 5.04. The average Bonchev–Trinajstić information content (AvgIpc) is 2.83. The van der Waals surface area contributed by atoms with Gasteiger partial charge in [0.05, 0.1) is 12.1 Å². The lowest BCUT2D eigenvalue weighted by Gasteiger charge is -2.33. The summed E-state index contributed by atoms with van der Waals surface area (Å²) in [6.45, 7) is 3.88. The van der Waals surface area contributed by atoms with Gasteiger partial charge in [0, 0.05) is 31.6 Å². The summed E-state index contributed by atoms with van der Waals surface area (Å²) in [5.41, 5.74) is 1.66. The van der Waals surface area contributed by atoms with Gasteiger partial charge in [0.1, 0.15) is 5.84 Å². The molecular formula is C14H18N4O. The van der Waals surface area contributed by atoms with E-state index < -0.39 is 0 Å². The van der Waals surface area contributed by atoms with Crippen molar-refractivity contribution in [2.75, 3.05) is 33.2 Å². The first-order valence-electron chi connectivity index (χ1n) is 6.58. The molecule has 0 spiro atoms. The van der Waals surface area contributed by atoms with Crippen molar-refractivity contribution in [3.8, 4) is 0 Å². The summed E-state index contributed by atoms with van der Waals surface area (Å²) in [6, 6.07) is 7.81. The fourth-order valence-electron chi connectivity index (χ4n) is 2.41. The maximum Gasteiger partial charge on any atom is 0.167 e. The smallest absolute Gasteiger partial charge is 0.167 e. The lowest BCUT2D eigenvalue weighted by molar-refractivity contribution is 0.213. The van der Waals surface area contributed by atoms with E-state index >= 15 is 0 Å². The number of nitrogens with zero attached hydrogens (tertiary/aromatic N) is 3. The highest BCUT2D eigenvalue weighted by Crippen LogP contribution is 2.18. The Labute approximate surface area is 112 Å². The van der Waals surface area contributed by atoms with Crippen molar-refractivity contribution in [2.24, 2.45) is 0 Å². The van der Waals surface area contributed by atoms with Crippen LogP contribution in [-0.2, 0) is 6.42 Å². The number of para-hydroxylation sites is 1. The molecule has 1 fully saturated rings. The van der Waals surface area contributed by atoms with Crippen molar-refractivity contribution in [3.05, 3.63) is 30.0 Å². The number of hydrogen-bond donors (Lipinski definition) is 1. The maximum absolute atomic E-state index is 8.23. The van der Waals surface area contributed by atoms with Crippen LogP contribution in [0, 0.1) is 5.41 Å². The molecule has 1 aromatic carbocycles. The number of likely N-dealkylation sites (N-methyl/N-ethyl adjacent to an activating group) is 1. The molecule has 2 aromatic rings. The molecule has 0 saturated carbocycles. The molecule has 3 rings (SSSR count). The summed E-state index contributed by atoms with van der Waals surface area (Å²) in [6.07, 6.45) is 0.542. The Hall–Kier alpha value is -1.88. The van der Waals surface area contributed by atoms with Gasteiger partial charge in [0.2, 0.25) is 0 Å². The minimum Gasteiger partial charge on any atom is -0.358 e. The minimum atomic E-state index is 0.542. The fraction of sp³-hybridized carbons (Fsp3) is 0.429. The fourth-order valence-corrected chi connectivity index (χ4v) is 2.41. The Morgan fingerprint density at radius 3 is 2.79 bits per heavy atom. The summed E-state index contributed by atoms with van der Waals surface area (Å²) in [5, 5.41) is 13.3. The van der Waals surface area contributed by atoms with E-state index in [9.17, 15) is 0 Å². The van der Waals surface area contributed by atoms with Crippen LogP contribution in [0.15, 0.2) is 28.8 Å². The molecule has 2 heterocycles. The zero-order valence-corrected chi connectivity index (χ0v) is 11.1. The van der Waals surface area contributed by atoms with Crippen molar-refractivity contribution >= 4 is 16.8 Å². The summed E-state index contributed by atoms with van der Waals surface area (Å²) in [5.74, 6) is 0.632. The van der Waals surface area contributed by atoms with E-state index in [0.29, 0.717) is 12.3 Å². The van der Waals surface area contributed by atoms with Gasteiger partial charge in [-0.3, -0.25) is 5.41 Å². The molecule has 0 unspecified atom stereocenters. The molecule has 1 aromatic heterocycles. The highest BCUT2D eigenvalue weighted by molar-refractivity contribution is 5.87. The Morgan fingerprint density at radius 1 is 1.26 bits per heavy atom. The number of rotatable bonds is 2. The van der Waals surface area contributed by atoms with Crippen LogP contribution in [-0.4, -0.2) is 54.0 Å². The normalized spacial score (nSPS) is 17.0. The van der Waals surface area contributed by atoms with Gasteiger partial charge in [-0.1, -0.05) is 17.3 Å². The van der Waals surface area contributed by atoms with Crippen LogP contribution in [0.25, 0.3) is 11.0 Å². The van der Waals surface area contributed by atoms with Crippen LogP contribution >= 0.6 is 0 Å². The van der Waals surface area contributed by atoms with E-state index in [-0.39, 0.29) is 0 Å². The van der Waals surface area contributed by atoms with Crippen molar-refractivity contribution in [1.29, 1.82) is 5.41 Å². The van der Waals surface area contributed by atoms with Gasteiger partial charge < -0.3 is 14.3 Å². The maximum atomic E-state index is 8.23. The van der Waals surface area contributed by atoms with E-state index in [1.165, 1.54) is 0 Å². The second kappa shape index (κ2) is 5.01. The third kappa shape index (κ3) is 2.46. The molecule has 19 heavy (non-hydrogen) atoms. The highest BCUT2D eigenvalue weighted by atomic mass is 16.5. The standard InChI is InChI=1S/C14H18N4O/c1-17-6-8-18(9-7-17)14(15)10-12-11-4-2-3-5-13(11)19-16-12/h2-5,15H,6-10H2,1H3. The summed E-state index contributed by atoms with van der Waals surface area (Å²) in [4.78, 5) is 4.42. The van der Waals surface area contributed by atoms with E-state index in [4.69, 9.17) is 9.93 Å². The van der Waals surface area contributed by atoms with Gasteiger partial charge in [0.25, 0.3) is 0 Å². The van der Waals surface area contributed by atoms with Gasteiger partial charge in [-0.2, -0.15) is 0 Å². The number of amidine groups is 1. The zero-order valence-electron chi connectivity index (χ0n) is 11.1. The molecule has 0 aliphatic carbocycles. The van der Waals surface area contributed by atoms with Crippen molar-refractivity contribution in [3.63, 3.8) is 0 Å². The zero-order chi connectivity index (χ0) is 13.2. The monoisotopic (exact) mass is 258 g/mol. The number of aromatic nitrogens is 1. The Bertz CT molecular complexity index is 584. The SMILES string of the molecule is CN1CCN(C(=N)Cc2noc3ccccc23)CC1. The lowest BCUT2D eigenvalue weighted by atomic mass is 10.1. The Balaban J connectivity index is 1.72. The number of fused-ring (bicyclic) bond motifs is 1. The molecule has 0 bridgehead atoms. The van der Waals surface area contributed by atoms with Gasteiger partial charge in [0.15, 0.2) is 5.58 Å². The predicted octanol–water partition coefficient (Wildman–Crippen LogP) is 1.59. The van der Waals surface area contributed by atoms with Gasteiger partial charge in [-0.25, -0.2) is 0 Å². The number of nitrogens with one attached hydrogen (secondary N) is 1. The van der Waals surface area contributed by atoms with Crippen molar-refractivity contribution in [1.82, 2.24) is 15.0 Å². The molecule has 1 aliphatic rings. The predicted molar refractivity (Wildman–Crippen MR) is 74.5 cm³/mol. The van der Waals surface area contributed by atoms with Gasteiger partial charge in [-0.15, -0.1) is 0 Å². The third-order valence-electron chi connectivity index (χ3n) is 3.67. The van der Waals surface area contributed by atoms with Crippen LogP contribution in [0.5, 0.6) is 0 Å². The second-order valence-corrected chi connectivity index (χ2v) is 5.04. The minimum absolute atomic E-state index is 0.542. The molecule has 0 amide bonds.